The molecule has 0 aliphatic carbocycles. The molecule has 0 fully saturated rings. The van der Waals surface area contributed by atoms with Gasteiger partial charge in [0.1, 0.15) is 10.8 Å². The summed E-state index contributed by atoms with van der Waals surface area (Å²) in [5.74, 6) is 0.0958. The Morgan fingerprint density at radius 1 is 1.07 bits per heavy atom. The van der Waals surface area contributed by atoms with Crippen molar-refractivity contribution in [1.29, 1.82) is 0 Å². The van der Waals surface area contributed by atoms with Crippen LogP contribution in [0.4, 0.5) is 0 Å². The number of halogens is 1. The standard InChI is InChI=1S/C23H18ClNO3S/c1-2-27-23(26)21(15-8-7-9-16(24)14-15)28-19-12-5-3-10-17(19)22-25-18-11-4-6-13-20(18)29-22/h3-14,21H,2H2,1H3. The predicted octanol–water partition coefficient (Wildman–Crippen LogP) is 6.30. The molecule has 29 heavy (non-hydrogen) atoms. The molecule has 4 nitrogen and oxygen atoms in total. The molecule has 0 spiro atoms. The summed E-state index contributed by atoms with van der Waals surface area (Å²) in [6.45, 7) is 2.03. The molecule has 1 unspecified atom stereocenters. The highest BCUT2D eigenvalue weighted by Gasteiger charge is 2.26. The van der Waals surface area contributed by atoms with E-state index in [0.717, 1.165) is 20.8 Å². The van der Waals surface area contributed by atoms with Crippen LogP contribution < -0.4 is 4.74 Å². The Kier molecular flexibility index (Phi) is 5.79. The van der Waals surface area contributed by atoms with Crippen molar-refractivity contribution in [2.24, 2.45) is 0 Å². The van der Waals surface area contributed by atoms with Crippen LogP contribution in [0.3, 0.4) is 0 Å². The van der Waals surface area contributed by atoms with Gasteiger partial charge in [-0.3, -0.25) is 0 Å². The molecule has 1 atom stereocenters. The van der Waals surface area contributed by atoms with Gasteiger partial charge < -0.3 is 9.47 Å². The van der Waals surface area contributed by atoms with E-state index in [1.807, 2.05) is 48.5 Å². The van der Waals surface area contributed by atoms with Crippen molar-refractivity contribution in [1.82, 2.24) is 4.98 Å². The van der Waals surface area contributed by atoms with Gasteiger partial charge in [-0.15, -0.1) is 11.3 Å². The van der Waals surface area contributed by atoms with Crippen LogP contribution in [0, 0.1) is 0 Å². The average Bonchev–Trinajstić information content (AvgIpc) is 3.16. The van der Waals surface area contributed by atoms with Crippen molar-refractivity contribution in [2.75, 3.05) is 6.61 Å². The Morgan fingerprint density at radius 2 is 1.86 bits per heavy atom. The smallest absolute Gasteiger partial charge is 0.352 e. The zero-order valence-corrected chi connectivity index (χ0v) is 17.2. The van der Waals surface area contributed by atoms with E-state index >= 15 is 0 Å². The number of thiazole rings is 1. The second kappa shape index (κ2) is 8.64. The number of carbonyl (C=O) groups excluding carboxylic acids is 1. The SMILES string of the molecule is CCOC(=O)C(Oc1ccccc1-c1nc2ccccc2s1)c1cccc(Cl)c1. The number of carbonyl (C=O) groups is 1. The summed E-state index contributed by atoms with van der Waals surface area (Å²) in [6, 6.07) is 22.6. The molecule has 0 aliphatic heterocycles. The predicted molar refractivity (Wildman–Crippen MR) is 117 cm³/mol. The van der Waals surface area contributed by atoms with E-state index in [-0.39, 0.29) is 6.61 Å². The van der Waals surface area contributed by atoms with E-state index in [9.17, 15) is 4.79 Å². The number of fused-ring (bicyclic) bond motifs is 1. The average molecular weight is 424 g/mol. The van der Waals surface area contributed by atoms with Gasteiger partial charge in [-0.1, -0.05) is 48.0 Å². The van der Waals surface area contributed by atoms with Crippen LogP contribution in [0.15, 0.2) is 72.8 Å². The molecule has 146 valence electrons. The summed E-state index contributed by atoms with van der Waals surface area (Å²) in [6.07, 6.45) is -0.927. The molecule has 0 bridgehead atoms. The van der Waals surface area contributed by atoms with Gasteiger partial charge in [0.25, 0.3) is 0 Å². The molecule has 1 heterocycles. The molecular formula is C23H18ClNO3S. The molecule has 4 aromatic rings. The van der Waals surface area contributed by atoms with Crippen LogP contribution >= 0.6 is 22.9 Å². The molecule has 0 amide bonds. The number of aromatic nitrogens is 1. The first-order valence-electron chi connectivity index (χ1n) is 9.19. The molecule has 0 saturated heterocycles. The third-order valence-corrected chi connectivity index (χ3v) is 5.61. The monoisotopic (exact) mass is 423 g/mol. The van der Waals surface area contributed by atoms with Crippen molar-refractivity contribution in [2.45, 2.75) is 13.0 Å². The number of ether oxygens (including phenoxy) is 2. The van der Waals surface area contributed by atoms with E-state index < -0.39 is 12.1 Å². The summed E-state index contributed by atoms with van der Waals surface area (Å²) in [4.78, 5) is 17.4. The topological polar surface area (TPSA) is 48.4 Å². The zero-order valence-electron chi connectivity index (χ0n) is 15.7. The molecule has 4 rings (SSSR count). The lowest BCUT2D eigenvalue weighted by Gasteiger charge is -2.19. The van der Waals surface area contributed by atoms with Crippen LogP contribution in [0.1, 0.15) is 18.6 Å². The van der Waals surface area contributed by atoms with Crippen molar-refractivity contribution in [3.63, 3.8) is 0 Å². The Hall–Kier alpha value is -2.89. The fourth-order valence-electron chi connectivity index (χ4n) is 3.00. The lowest BCUT2D eigenvalue weighted by atomic mass is 10.1. The summed E-state index contributed by atoms with van der Waals surface area (Å²) in [5, 5.41) is 1.36. The minimum absolute atomic E-state index is 0.263. The molecule has 0 radical (unpaired) electrons. The summed E-state index contributed by atoms with van der Waals surface area (Å²) in [7, 11) is 0. The second-order valence-electron chi connectivity index (χ2n) is 6.29. The van der Waals surface area contributed by atoms with E-state index in [1.165, 1.54) is 0 Å². The highest BCUT2D eigenvalue weighted by atomic mass is 35.5. The van der Waals surface area contributed by atoms with E-state index in [2.05, 4.69) is 0 Å². The Balaban J connectivity index is 1.74. The summed E-state index contributed by atoms with van der Waals surface area (Å²) in [5.41, 5.74) is 2.39. The summed E-state index contributed by atoms with van der Waals surface area (Å²) < 4.78 is 12.5. The van der Waals surface area contributed by atoms with Crippen LogP contribution in [-0.2, 0) is 9.53 Å². The highest BCUT2D eigenvalue weighted by molar-refractivity contribution is 7.21. The molecule has 1 aromatic heterocycles. The normalized spacial score (nSPS) is 11.9. The summed E-state index contributed by atoms with van der Waals surface area (Å²) >= 11 is 7.71. The Bertz CT molecular complexity index is 1120. The van der Waals surface area contributed by atoms with Gasteiger partial charge in [-0.25, -0.2) is 9.78 Å². The molecule has 0 saturated carbocycles. The quantitative estimate of drug-likeness (QED) is 0.341. The fourth-order valence-corrected chi connectivity index (χ4v) is 4.19. The Labute approximate surface area is 177 Å². The van der Waals surface area contributed by atoms with E-state index in [1.54, 1.807) is 42.5 Å². The fraction of sp³-hybridized carbons (Fsp3) is 0.130. The first kappa shape index (κ1) is 19.4. The van der Waals surface area contributed by atoms with Crippen molar-refractivity contribution >= 4 is 39.1 Å². The number of hydrogen-bond donors (Lipinski definition) is 0. The maximum absolute atomic E-state index is 12.6. The molecule has 0 aliphatic rings. The van der Waals surface area contributed by atoms with Crippen LogP contribution in [0.2, 0.25) is 5.02 Å². The van der Waals surface area contributed by atoms with Gasteiger partial charge in [0.2, 0.25) is 6.10 Å². The Morgan fingerprint density at radius 3 is 2.66 bits per heavy atom. The van der Waals surface area contributed by atoms with Gasteiger partial charge in [0, 0.05) is 10.6 Å². The highest BCUT2D eigenvalue weighted by Crippen LogP contribution is 2.37. The number of esters is 1. The van der Waals surface area contributed by atoms with Crippen molar-refractivity contribution < 1.29 is 14.3 Å². The lowest BCUT2D eigenvalue weighted by molar-refractivity contribution is -0.151. The van der Waals surface area contributed by atoms with E-state index in [4.69, 9.17) is 26.1 Å². The van der Waals surface area contributed by atoms with Crippen LogP contribution in [-0.4, -0.2) is 17.6 Å². The number of hydrogen-bond acceptors (Lipinski definition) is 5. The van der Waals surface area contributed by atoms with Crippen molar-refractivity contribution in [3.8, 4) is 16.3 Å². The van der Waals surface area contributed by atoms with Gasteiger partial charge in [-0.2, -0.15) is 0 Å². The second-order valence-corrected chi connectivity index (χ2v) is 7.75. The number of nitrogens with zero attached hydrogens (tertiary/aromatic N) is 1. The molecule has 3 aromatic carbocycles. The maximum atomic E-state index is 12.6. The zero-order chi connectivity index (χ0) is 20.2. The van der Waals surface area contributed by atoms with Gasteiger partial charge >= 0.3 is 5.97 Å². The number of para-hydroxylation sites is 2. The first-order chi connectivity index (χ1) is 14.2. The first-order valence-corrected chi connectivity index (χ1v) is 10.4. The van der Waals surface area contributed by atoms with Gasteiger partial charge in [-0.05, 0) is 43.3 Å². The third-order valence-electron chi connectivity index (χ3n) is 4.31. The third kappa shape index (κ3) is 4.26. The molecular weight excluding hydrogens is 406 g/mol. The van der Waals surface area contributed by atoms with Crippen molar-refractivity contribution in [3.05, 3.63) is 83.4 Å². The van der Waals surface area contributed by atoms with Crippen LogP contribution in [0.5, 0.6) is 5.75 Å². The number of rotatable bonds is 6. The largest absolute Gasteiger partial charge is 0.473 e. The molecule has 0 N–H and O–H groups in total. The minimum Gasteiger partial charge on any atom is -0.473 e. The van der Waals surface area contributed by atoms with Crippen LogP contribution in [0.25, 0.3) is 20.8 Å². The lowest BCUT2D eigenvalue weighted by Crippen LogP contribution is -2.21. The van der Waals surface area contributed by atoms with Gasteiger partial charge in [0.05, 0.1) is 22.4 Å². The van der Waals surface area contributed by atoms with E-state index in [0.29, 0.717) is 16.3 Å². The number of benzene rings is 3. The minimum atomic E-state index is -0.927. The molecule has 6 heteroatoms. The van der Waals surface area contributed by atoms with Gasteiger partial charge in [0.15, 0.2) is 0 Å². The maximum Gasteiger partial charge on any atom is 0.352 e.